The lowest BCUT2D eigenvalue weighted by Gasteiger charge is -2.30. The van der Waals surface area contributed by atoms with Crippen molar-refractivity contribution in [1.82, 2.24) is 5.32 Å². The number of thioether (sulfide) groups is 1. The summed E-state index contributed by atoms with van der Waals surface area (Å²) in [6.45, 7) is 10.1. The number of hydrogen-bond donors (Lipinski definition) is 1. The summed E-state index contributed by atoms with van der Waals surface area (Å²) in [6, 6.07) is 2.13. The van der Waals surface area contributed by atoms with Crippen molar-refractivity contribution in [2.24, 2.45) is 0 Å². The molecule has 0 fully saturated rings. The van der Waals surface area contributed by atoms with E-state index in [4.69, 9.17) is 9.15 Å². The molecule has 0 aliphatic carbocycles. The molecule has 1 heterocycles. The zero-order valence-electron chi connectivity index (χ0n) is 12.3. The van der Waals surface area contributed by atoms with Crippen LogP contribution in [0.5, 0.6) is 0 Å². The van der Waals surface area contributed by atoms with E-state index in [0.29, 0.717) is 12.4 Å². The highest BCUT2D eigenvalue weighted by Gasteiger charge is 2.35. The van der Waals surface area contributed by atoms with Gasteiger partial charge in [-0.3, -0.25) is 10.1 Å². The quantitative estimate of drug-likeness (QED) is 0.616. The first-order valence-electron chi connectivity index (χ1n) is 6.51. The van der Waals surface area contributed by atoms with Gasteiger partial charge in [-0.25, -0.2) is 0 Å². The Labute approximate surface area is 119 Å². The molecule has 0 spiro atoms. The molecule has 0 amide bonds. The smallest absolute Gasteiger partial charge is 0.326 e. The van der Waals surface area contributed by atoms with Crippen LogP contribution in [0.1, 0.15) is 33.5 Å². The maximum Gasteiger partial charge on any atom is 0.326 e. The molecule has 1 rings (SSSR count). The standard InChI is InChI=1S/C14H23NO3S/c1-6-17-13(16)14(5,15-10(2)3)9-19-12-7-8-18-11(12)4/h7-8,10,15H,6,9H2,1-5H3. The number of hydrogen-bond acceptors (Lipinski definition) is 5. The van der Waals surface area contributed by atoms with E-state index in [1.807, 2.05) is 40.7 Å². The summed E-state index contributed by atoms with van der Waals surface area (Å²) in [4.78, 5) is 13.2. The Morgan fingerprint density at radius 3 is 2.74 bits per heavy atom. The van der Waals surface area contributed by atoms with Crippen LogP contribution in [0, 0.1) is 6.92 Å². The minimum absolute atomic E-state index is 0.209. The van der Waals surface area contributed by atoms with Gasteiger partial charge in [0, 0.05) is 16.7 Å². The van der Waals surface area contributed by atoms with Crippen molar-refractivity contribution < 1.29 is 13.9 Å². The van der Waals surface area contributed by atoms with Crippen molar-refractivity contribution in [3.63, 3.8) is 0 Å². The van der Waals surface area contributed by atoms with Crippen LogP contribution >= 0.6 is 11.8 Å². The van der Waals surface area contributed by atoms with Crippen LogP contribution in [0.15, 0.2) is 21.6 Å². The summed E-state index contributed by atoms with van der Waals surface area (Å²) in [5.74, 6) is 1.27. The Morgan fingerprint density at radius 2 is 2.26 bits per heavy atom. The van der Waals surface area contributed by atoms with Gasteiger partial charge in [0.15, 0.2) is 0 Å². The lowest BCUT2D eigenvalue weighted by atomic mass is 10.0. The topological polar surface area (TPSA) is 51.5 Å². The number of ether oxygens (including phenoxy) is 1. The molecule has 1 unspecified atom stereocenters. The van der Waals surface area contributed by atoms with Gasteiger partial charge in [0.1, 0.15) is 11.3 Å². The maximum atomic E-state index is 12.1. The van der Waals surface area contributed by atoms with E-state index in [-0.39, 0.29) is 12.0 Å². The summed E-state index contributed by atoms with van der Waals surface area (Å²) in [5, 5.41) is 3.30. The highest BCUT2D eigenvalue weighted by molar-refractivity contribution is 7.99. The zero-order valence-corrected chi connectivity index (χ0v) is 13.1. The van der Waals surface area contributed by atoms with Crippen molar-refractivity contribution in [3.8, 4) is 0 Å². The third-order valence-corrected chi connectivity index (χ3v) is 4.12. The van der Waals surface area contributed by atoms with E-state index < -0.39 is 5.54 Å². The summed E-state index contributed by atoms with van der Waals surface area (Å²) in [7, 11) is 0. The molecule has 1 aromatic heterocycles. The minimum Gasteiger partial charge on any atom is -0.468 e. The van der Waals surface area contributed by atoms with Crippen LogP contribution < -0.4 is 5.32 Å². The lowest BCUT2D eigenvalue weighted by molar-refractivity contribution is -0.149. The van der Waals surface area contributed by atoms with Crippen molar-refractivity contribution in [3.05, 3.63) is 18.1 Å². The summed E-state index contributed by atoms with van der Waals surface area (Å²) in [6.07, 6.45) is 1.66. The molecule has 0 saturated carbocycles. The van der Waals surface area contributed by atoms with E-state index in [0.717, 1.165) is 10.7 Å². The van der Waals surface area contributed by atoms with E-state index in [2.05, 4.69) is 5.32 Å². The highest BCUT2D eigenvalue weighted by atomic mass is 32.2. The lowest BCUT2D eigenvalue weighted by Crippen LogP contribution is -2.55. The largest absolute Gasteiger partial charge is 0.468 e. The molecule has 5 heteroatoms. The minimum atomic E-state index is -0.696. The predicted octanol–water partition coefficient (Wildman–Crippen LogP) is 3.00. The number of nitrogens with one attached hydrogen (secondary N) is 1. The highest BCUT2D eigenvalue weighted by Crippen LogP contribution is 2.27. The molecule has 4 nitrogen and oxygen atoms in total. The molecule has 1 N–H and O–H groups in total. The second-order valence-corrected chi connectivity index (χ2v) is 6.00. The Balaban J connectivity index is 2.74. The molecule has 19 heavy (non-hydrogen) atoms. The Morgan fingerprint density at radius 1 is 1.58 bits per heavy atom. The van der Waals surface area contributed by atoms with Gasteiger partial charge in [-0.15, -0.1) is 11.8 Å². The maximum absolute atomic E-state index is 12.1. The second-order valence-electron chi connectivity index (χ2n) is 4.98. The van der Waals surface area contributed by atoms with Crippen LogP contribution in [-0.4, -0.2) is 29.9 Å². The fraction of sp³-hybridized carbons (Fsp3) is 0.643. The van der Waals surface area contributed by atoms with Crippen LogP contribution in [0.3, 0.4) is 0 Å². The van der Waals surface area contributed by atoms with Gasteiger partial charge in [-0.05, 0) is 40.7 Å². The van der Waals surface area contributed by atoms with Crippen molar-refractivity contribution in [2.45, 2.75) is 51.1 Å². The first-order chi connectivity index (χ1) is 8.89. The van der Waals surface area contributed by atoms with Crippen LogP contribution in [0.2, 0.25) is 0 Å². The monoisotopic (exact) mass is 285 g/mol. The molecule has 0 aliphatic heterocycles. The van der Waals surface area contributed by atoms with Gasteiger partial charge < -0.3 is 9.15 Å². The molecule has 0 aromatic carbocycles. The van der Waals surface area contributed by atoms with Crippen LogP contribution in [0.4, 0.5) is 0 Å². The van der Waals surface area contributed by atoms with Gasteiger partial charge in [-0.2, -0.15) is 0 Å². The second kappa shape index (κ2) is 7.01. The Kier molecular flexibility index (Phi) is 5.94. The van der Waals surface area contributed by atoms with E-state index in [1.54, 1.807) is 18.0 Å². The number of rotatable bonds is 7. The summed E-state index contributed by atoms with van der Waals surface area (Å²) >= 11 is 1.60. The fourth-order valence-corrected chi connectivity index (χ4v) is 2.88. The van der Waals surface area contributed by atoms with Crippen molar-refractivity contribution >= 4 is 17.7 Å². The van der Waals surface area contributed by atoms with Crippen LogP contribution in [0.25, 0.3) is 0 Å². The third-order valence-electron chi connectivity index (χ3n) is 2.66. The molecular formula is C14H23NO3S. The van der Waals surface area contributed by atoms with Gasteiger partial charge in [-0.1, -0.05) is 0 Å². The summed E-state index contributed by atoms with van der Waals surface area (Å²) < 4.78 is 10.4. The number of carbonyl (C=O) groups excluding carboxylic acids is 1. The number of carbonyl (C=O) groups is 1. The SMILES string of the molecule is CCOC(=O)C(C)(CSc1ccoc1C)NC(C)C. The van der Waals surface area contributed by atoms with E-state index >= 15 is 0 Å². The number of aryl methyl sites for hydroxylation is 1. The first-order valence-corrected chi connectivity index (χ1v) is 7.49. The number of furan rings is 1. The average Bonchev–Trinajstić information content (AvgIpc) is 2.72. The van der Waals surface area contributed by atoms with Crippen molar-refractivity contribution in [2.75, 3.05) is 12.4 Å². The number of esters is 1. The fourth-order valence-electron chi connectivity index (χ4n) is 1.83. The molecule has 1 atom stereocenters. The molecule has 1 aromatic rings. The first kappa shape index (κ1) is 16.1. The predicted molar refractivity (Wildman–Crippen MR) is 77.5 cm³/mol. The van der Waals surface area contributed by atoms with Gasteiger partial charge in [0.25, 0.3) is 0 Å². The van der Waals surface area contributed by atoms with Crippen LogP contribution in [-0.2, 0) is 9.53 Å². The molecule has 0 bridgehead atoms. The van der Waals surface area contributed by atoms with E-state index in [1.165, 1.54) is 0 Å². The van der Waals surface area contributed by atoms with Crippen molar-refractivity contribution in [1.29, 1.82) is 0 Å². The summed E-state index contributed by atoms with van der Waals surface area (Å²) in [5.41, 5.74) is -0.696. The third kappa shape index (κ3) is 4.58. The average molecular weight is 285 g/mol. The molecule has 0 saturated heterocycles. The Hall–Kier alpha value is -0.940. The molecule has 108 valence electrons. The van der Waals surface area contributed by atoms with E-state index in [9.17, 15) is 4.79 Å². The molecule has 0 radical (unpaired) electrons. The van der Waals surface area contributed by atoms with Gasteiger partial charge >= 0.3 is 5.97 Å². The molecule has 0 aliphatic rings. The molecular weight excluding hydrogens is 262 g/mol. The Bertz CT molecular complexity index is 417. The van der Waals surface area contributed by atoms with Gasteiger partial charge in [0.2, 0.25) is 0 Å². The zero-order chi connectivity index (χ0) is 14.5. The normalized spacial score (nSPS) is 14.4. The van der Waals surface area contributed by atoms with Gasteiger partial charge in [0.05, 0.1) is 12.9 Å².